The number of benzene rings is 2. The monoisotopic (exact) mass is 588 g/mol. The number of carbonyl (C=O) groups is 4. The van der Waals surface area contributed by atoms with Crippen LogP contribution in [0.3, 0.4) is 0 Å². The van der Waals surface area contributed by atoms with Gasteiger partial charge in [0.05, 0.1) is 12.9 Å². The van der Waals surface area contributed by atoms with Crippen molar-refractivity contribution in [1.29, 1.82) is 5.41 Å². The Morgan fingerprint density at radius 1 is 1.00 bits per heavy atom. The quantitative estimate of drug-likeness (QED) is 0.0980. The fraction of sp³-hybridized carbons (Fsp3) is 0.406. The van der Waals surface area contributed by atoms with Gasteiger partial charge in [-0.3, -0.25) is 19.8 Å². The van der Waals surface area contributed by atoms with Crippen molar-refractivity contribution in [3.05, 3.63) is 59.7 Å². The van der Waals surface area contributed by atoms with Crippen LogP contribution in [0.4, 0.5) is 0 Å². The maximum absolute atomic E-state index is 13.6. The molecule has 0 saturated heterocycles. The van der Waals surface area contributed by atoms with E-state index in [4.69, 9.17) is 10.1 Å². The van der Waals surface area contributed by atoms with E-state index in [-0.39, 0.29) is 25.2 Å². The number of carbonyl (C=O) groups excluding carboxylic acids is 4. The van der Waals surface area contributed by atoms with Crippen LogP contribution in [0.25, 0.3) is 21.8 Å². The maximum atomic E-state index is 13.6. The number of hydrogen-bond donors (Lipinski definition) is 5. The van der Waals surface area contributed by atoms with Gasteiger partial charge in [0.15, 0.2) is 0 Å². The number of aromatic nitrogens is 1. The molecule has 11 heteroatoms. The lowest BCUT2D eigenvalue weighted by molar-refractivity contribution is -0.145. The summed E-state index contributed by atoms with van der Waals surface area (Å²) in [5.41, 5.74) is 4.07. The molecule has 3 aromatic rings. The Kier molecular flexibility index (Phi) is 10.2. The van der Waals surface area contributed by atoms with Gasteiger partial charge < -0.3 is 30.6 Å². The van der Waals surface area contributed by atoms with E-state index in [2.05, 4.69) is 50.1 Å². The molecule has 1 aromatic heterocycles. The van der Waals surface area contributed by atoms with Crippen LogP contribution in [0, 0.1) is 5.41 Å². The number of nitrogens with one attached hydrogen (secondary N) is 5. The minimum Gasteiger partial charge on any atom is -0.467 e. The molecule has 0 saturated carbocycles. The Bertz CT molecular complexity index is 1580. The minimum atomic E-state index is -0.984. The highest BCUT2D eigenvalue weighted by atomic mass is 16.5. The molecule has 5 N–H and O–H groups in total. The number of hydrogen-bond acceptors (Lipinski definition) is 6. The summed E-state index contributed by atoms with van der Waals surface area (Å²) in [6, 6.07) is 9.45. The number of fused-ring (bicyclic) bond motifs is 2. The first-order valence-electron chi connectivity index (χ1n) is 14.5. The summed E-state index contributed by atoms with van der Waals surface area (Å²) < 4.78 is 7.07. The average molecular weight is 589 g/mol. The number of ether oxygens (including phenoxy) is 1. The lowest BCUT2D eigenvalue weighted by Crippen LogP contribution is -2.56. The highest BCUT2D eigenvalue weighted by molar-refractivity contribution is 6.08. The van der Waals surface area contributed by atoms with Crippen molar-refractivity contribution >= 4 is 51.3 Å². The van der Waals surface area contributed by atoms with Gasteiger partial charge in [0, 0.05) is 48.7 Å². The molecule has 1 unspecified atom stereocenters. The Labute approximate surface area is 250 Å². The summed E-state index contributed by atoms with van der Waals surface area (Å²) in [7, 11) is 3.28. The summed E-state index contributed by atoms with van der Waals surface area (Å²) in [6.45, 7) is 3.39. The second-order valence-electron chi connectivity index (χ2n) is 11.0. The Hall–Kier alpha value is -4.67. The van der Waals surface area contributed by atoms with Crippen LogP contribution >= 0.6 is 0 Å². The number of aryl methyl sites for hydroxylation is 1. The topological polar surface area (TPSA) is 154 Å². The van der Waals surface area contributed by atoms with E-state index in [1.54, 1.807) is 6.92 Å². The van der Waals surface area contributed by atoms with Crippen molar-refractivity contribution in [3.8, 4) is 0 Å². The summed E-state index contributed by atoms with van der Waals surface area (Å²) in [5.74, 6) is -1.72. The Morgan fingerprint density at radius 3 is 2.33 bits per heavy atom. The number of amides is 3. The molecule has 0 fully saturated rings. The van der Waals surface area contributed by atoms with Gasteiger partial charge in [0.2, 0.25) is 17.7 Å². The summed E-state index contributed by atoms with van der Waals surface area (Å²) in [6.07, 6.45) is 5.59. The van der Waals surface area contributed by atoms with Crippen LogP contribution in [0.15, 0.2) is 48.6 Å². The molecule has 43 heavy (non-hydrogen) atoms. The zero-order chi connectivity index (χ0) is 31.1. The predicted octanol–water partition coefficient (Wildman–Crippen LogP) is 2.39. The van der Waals surface area contributed by atoms with Gasteiger partial charge in [0.25, 0.3) is 0 Å². The summed E-state index contributed by atoms with van der Waals surface area (Å²) in [5, 5.41) is 20.9. The van der Waals surface area contributed by atoms with Crippen LogP contribution in [0.2, 0.25) is 0 Å². The number of allylic oxidation sites excluding steroid dienone is 1. The molecule has 0 radical (unpaired) electrons. The number of amidine groups is 1. The largest absolute Gasteiger partial charge is 0.467 e. The molecule has 1 aliphatic rings. The third kappa shape index (κ3) is 7.79. The SMILES string of the molecule is COC(=O)[C@@H]1CC=CCc2ccc3c(c2)c2cc(ccc2n3C)CC(NC(C)=O)C(=O)N[C@@H](CCCNC(C)=N)C(=O)N1. The molecule has 3 atom stereocenters. The number of methoxy groups -OCH3 is 1. The van der Waals surface area contributed by atoms with Gasteiger partial charge in [-0.15, -0.1) is 0 Å². The van der Waals surface area contributed by atoms with Crippen molar-refractivity contribution in [2.75, 3.05) is 13.7 Å². The maximum Gasteiger partial charge on any atom is 0.328 e. The van der Waals surface area contributed by atoms with Gasteiger partial charge in [-0.1, -0.05) is 24.3 Å². The van der Waals surface area contributed by atoms with Crippen molar-refractivity contribution in [2.24, 2.45) is 7.05 Å². The van der Waals surface area contributed by atoms with E-state index in [0.29, 0.717) is 25.2 Å². The van der Waals surface area contributed by atoms with E-state index in [1.165, 1.54) is 14.0 Å². The van der Waals surface area contributed by atoms with E-state index in [9.17, 15) is 19.2 Å². The molecular formula is C32H40N6O5. The molecule has 2 heterocycles. The number of esters is 1. The second-order valence-corrected chi connectivity index (χ2v) is 11.0. The molecule has 0 aliphatic carbocycles. The van der Waals surface area contributed by atoms with Crippen LogP contribution in [0.5, 0.6) is 0 Å². The van der Waals surface area contributed by atoms with Gasteiger partial charge >= 0.3 is 5.97 Å². The fourth-order valence-electron chi connectivity index (χ4n) is 5.46. The third-order valence-corrected chi connectivity index (χ3v) is 7.66. The lowest BCUT2D eigenvalue weighted by Gasteiger charge is -2.25. The van der Waals surface area contributed by atoms with Crippen molar-refractivity contribution in [1.82, 2.24) is 25.8 Å². The minimum absolute atomic E-state index is 0.210. The highest BCUT2D eigenvalue weighted by Gasteiger charge is 2.29. The molecule has 3 amide bonds. The standard InChI is InChI=1S/C32H40N6O5/c1-19(33)34-15-7-10-25-30(40)37-26(32(42)43-4)9-6-5-8-21-11-13-28-23(16-21)24-17-22(12-14-29(24)38(28)3)18-27(31(41)36-25)35-20(2)39/h5-6,11-14,16-17,25-27H,7-10,15,18H2,1-4H3,(H2,33,34)(H,35,39)(H,36,41)(H,37,40)/t25-,26-,27?/m0/s1. The molecule has 4 rings (SSSR count). The second kappa shape index (κ2) is 14.0. The van der Waals surface area contributed by atoms with Crippen LogP contribution in [-0.2, 0) is 43.8 Å². The van der Waals surface area contributed by atoms with E-state index in [1.807, 2.05) is 31.3 Å². The molecule has 11 nitrogen and oxygen atoms in total. The lowest BCUT2D eigenvalue weighted by atomic mass is 10.0. The van der Waals surface area contributed by atoms with Gasteiger partial charge in [0.1, 0.15) is 18.1 Å². The van der Waals surface area contributed by atoms with Crippen LogP contribution in [-0.4, -0.2) is 65.9 Å². The van der Waals surface area contributed by atoms with Crippen molar-refractivity contribution in [2.45, 2.75) is 64.1 Å². The predicted molar refractivity (Wildman–Crippen MR) is 166 cm³/mol. The third-order valence-electron chi connectivity index (χ3n) is 7.66. The first-order chi connectivity index (χ1) is 20.6. The highest BCUT2D eigenvalue weighted by Crippen LogP contribution is 2.30. The van der Waals surface area contributed by atoms with Gasteiger partial charge in [-0.25, -0.2) is 4.79 Å². The van der Waals surface area contributed by atoms with Crippen LogP contribution in [0.1, 0.15) is 44.2 Å². The molecule has 228 valence electrons. The molecule has 0 spiro atoms. The van der Waals surface area contributed by atoms with Gasteiger partial charge in [-0.2, -0.15) is 0 Å². The van der Waals surface area contributed by atoms with Crippen LogP contribution < -0.4 is 21.3 Å². The molecule has 4 bridgehead atoms. The van der Waals surface area contributed by atoms with E-state index in [0.717, 1.165) is 32.9 Å². The first kappa shape index (κ1) is 31.3. The number of nitrogens with zero attached hydrogens (tertiary/aromatic N) is 1. The van der Waals surface area contributed by atoms with Crippen molar-refractivity contribution in [3.63, 3.8) is 0 Å². The zero-order valence-electron chi connectivity index (χ0n) is 25.1. The van der Waals surface area contributed by atoms with E-state index >= 15 is 0 Å². The van der Waals surface area contributed by atoms with Gasteiger partial charge in [-0.05, 0) is 68.0 Å². The average Bonchev–Trinajstić information content (AvgIpc) is 3.24. The summed E-state index contributed by atoms with van der Waals surface area (Å²) in [4.78, 5) is 51.8. The number of rotatable bonds is 6. The zero-order valence-corrected chi connectivity index (χ0v) is 25.1. The Balaban J connectivity index is 1.74. The molecule has 1 aliphatic heterocycles. The molecule has 2 aromatic carbocycles. The molecular weight excluding hydrogens is 548 g/mol. The smallest absolute Gasteiger partial charge is 0.328 e. The van der Waals surface area contributed by atoms with E-state index < -0.39 is 35.9 Å². The summed E-state index contributed by atoms with van der Waals surface area (Å²) >= 11 is 0. The normalized spacial score (nSPS) is 19.6. The van der Waals surface area contributed by atoms with Crippen molar-refractivity contribution < 1.29 is 23.9 Å². The Morgan fingerprint density at radius 2 is 1.67 bits per heavy atom. The first-order valence-corrected chi connectivity index (χ1v) is 14.5. The fourth-order valence-corrected chi connectivity index (χ4v) is 5.46.